The second-order valence-electron chi connectivity index (χ2n) is 3.00. The molecule has 0 saturated carbocycles. The van der Waals surface area contributed by atoms with Gasteiger partial charge in [-0.15, -0.1) is 11.8 Å². The fraction of sp³-hybridized carbons (Fsp3) is 0.200. The molecule has 1 heterocycles. The minimum atomic E-state index is 0.809. The molecule has 15 heavy (non-hydrogen) atoms. The lowest BCUT2D eigenvalue weighted by Gasteiger charge is -2.02. The van der Waals surface area contributed by atoms with Crippen LogP contribution in [0.3, 0.4) is 0 Å². The van der Waals surface area contributed by atoms with Crippen molar-refractivity contribution >= 4 is 34.1 Å². The third-order valence-corrected chi connectivity index (χ3v) is 3.33. The molecule has 1 aromatic carbocycles. The summed E-state index contributed by atoms with van der Waals surface area (Å²) >= 11 is 3.11. The maximum absolute atomic E-state index is 4.24. The van der Waals surface area contributed by atoms with Gasteiger partial charge in [-0.05, 0) is 37.4 Å². The lowest BCUT2D eigenvalue weighted by atomic mass is 10.3. The van der Waals surface area contributed by atoms with E-state index in [1.807, 2.05) is 19.1 Å². The first-order valence-electron chi connectivity index (χ1n) is 4.49. The number of aryl methyl sites for hydroxylation is 1. The van der Waals surface area contributed by atoms with Crippen LogP contribution >= 0.6 is 23.3 Å². The lowest BCUT2D eigenvalue weighted by Crippen LogP contribution is -1.88. The molecular formula is C10H11N3S2. The number of rotatable bonds is 3. The third kappa shape index (κ3) is 2.70. The molecule has 1 N–H and O–H groups in total. The Morgan fingerprint density at radius 2 is 2.00 bits per heavy atom. The van der Waals surface area contributed by atoms with Gasteiger partial charge in [0.25, 0.3) is 0 Å². The van der Waals surface area contributed by atoms with E-state index >= 15 is 0 Å². The highest BCUT2D eigenvalue weighted by Gasteiger charge is 2.00. The largest absolute Gasteiger partial charge is 0.330 e. The van der Waals surface area contributed by atoms with Crippen LogP contribution < -0.4 is 5.32 Å². The third-order valence-electron chi connectivity index (χ3n) is 1.87. The molecule has 2 aromatic rings. The number of hydrogen-bond acceptors (Lipinski definition) is 5. The molecule has 3 nitrogen and oxygen atoms in total. The van der Waals surface area contributed by atoms with Crippen molar-refractivity contribution in [1.82, 2.24) is 9.36 Å². The number of hydrogen-bond donors (Lipinski definition) is 1. The van der Waals surface area contributed by atoms with Crippen LogP contribution in [0.5, 0.6) is 0 Å². The van der Waals surface area contributed by atoms with E-state index in [0.29, 0.717) is 0 Å². The van der Waals surface area contributed by atoms with Crippen LogP contribution in [0.1, 0.15) is 5.82 Å². The van der Waals surface area contributed by atoms with Crippen molar-refractivity contribution in [1.29, 1.82) is 0 Å². The summed E-state index contributed by atoms with van der Waals surface area (Å²) in [6.45, 7) is 1.89. The number of thioether (sulfide) groups is 1. The number of nitrogens with one attached hydrogen (secondary N) is 1. The van der Waals surface area contributed by atoms with Crippen molar-refractivity contribution in [2.24, 2.45) is 0 Å². The van der Waals surface area contributed by atoms with Gasteiger partial charge in [0.1, 0.15) is 5.82 Å². The molecule has 0 spiro atoms. The van der Waals surface area contributed by atoms with Gasteiger partial charge in [-0.2, -0.15) is 4.37 Å². The monoisotopic (exact) mass is 237 g/mol. The van der Waals surface area contributed by atoms with E-state index in [0.717, 1.165) is 16.6 Å². The molecule has 0 fully saturated rings. The Morgan fingerprint density at radius 3 is 2.53 bits per heavy atom. The molecule has 0 aliphatic carbocycles. The average Bonchev–Trinajstić information content (AvgIpc) is 2.65. The highest BCUT2D eigenvalue weighted by Crippen LogP contribution is 2.21. The van der Waals surface area contributed by atoms with E-state index in [4.69, 9.17) is 0 Å². The Labute approximate surface area is 97.1 Å². The highest BCUT2D eigenvalue weighted by atomic mass is 32.2. The zero-order valence-electron chi connectivity index (χ0n) is 8.52. The SMILES string of the molecule is CSc1ccc(Nc2nc(C)ns2)cc1. The van der Waals surface area contributed by atoms with Crippen LogP contribution in [-0.2, 0) is 0 Å². The average molecular weight is 237 g/mol. The zero-order valence-corrected chi connectivity index (χ0v) is 10.2. The molecule has 78 valence electrons. The molecule has 1 aromatic heterocycles. The summed E-state index contributed by atoms with van der Waals surface area (Å²) in [5.41, 5.74) is 1.05. The number of benzene rings is 1. The molecule has 0 atom stereocenters. The first-order chi connectivity index (χ1) is 7.28. The summed E-state index contributed by atoms with van der Waals surface area (Å²) in [6.07, 6.45) is 2.07. The van der Waals surface area contributed by atoms with Gasteiger partial charge in [-0.25, -0.2) is 4.98 Å². The van der Waals surface area contributed by atoms with E-state index in [1.165, 1.54) is 16.4 Å². The van der Waals surface area contributed by atoms with E-state index in [2.05, 4.69) is 33.1 Å². The minimum Gasteiger partial charge on any atom is -0.330 e. The van der Waals surface area contributed by atoms with E-state index in [1.54, 1.807) is 11.8 Å². The summed E-state index contributed by atoms with van der Waals surface area (Å²) in [6, 6.07) is 8.26. The van der Waals surface area contributed by atoms with E-state index < -0.39 is 0 Å². The van der Waals surface area contributed by atoms with Crippen molar-refractivity contribution in [3.8, 4) is 0 Å². The summed E-state index contributed by atoms with van der Waals surface area (Å²) in [7, 11) is 0. The van der Waals surface area contributed by atoms with Crippen molar-refractivity contribution in [2.75, 3.05) is 11.6 Å². The standard InChI is InChI=1S/C10H11N3S2/c1-7-11-10(15-13-7)12-8-3-5-9(14-2)6-4-8/h3-6H,1-2H3,(H,11,12,13). The minimum absolute atomic E-state index is 0.809. The normalized spacial score (nSPS) is 10.3. The Hall–Kier alpha value is -1.07. The van der Waals surface area contributed by atoms with Gasteiger partial charge in [0.05, 0.1) is 0 Å². The quantitative estimate of drug-likeness (QED) is 0.831. The van der Waals surface area contributed by atoms with Gasteiger partial charge in [0.2, 0.25) is 5.13 Å². The van der Waals surface area contributed by atoms with Crippen LogP contribution in [-0.4, -0.2) is 15.6 Å². The molecule has 2 rings (SSSR count). The summed E-state index contributed by atoms with van der Waals surface area (Å²) in [5.74, 6) is 0.809. The van der Waals surface area contributed by atoms with Crippen molar-refractivity contribution < 1.29 is 0 Å². The van der Waals surface area contributed by atoms with Crippen LogP contribution in [0.4, 0.5) is 10.8 Å². The van der Waals surface area contributed by atoms with Gasteiger partial charge in [0, 0.05) is 22.1 Å². The maximum Gasteiger partial charge on any atom is 0.207 e. The molecule has 0 aliphatic heterocycles. The second-order valence-corrected chi connectivity index (χ2v) is 4.63. The Morgan fingerprint density at radius 1 is 1.27 bits per heavy atom. The summed E-state index contributed by atoms with van der Waals surface area (Å²) in [5, 5.41) is 4.05. The molecule has 0 saturated heterocycles. The Kier molecular flexibility index (Phi) is 3.23. The molecular weight excluding hydrogens is 226 g/mol. The van der Waals surface area contributed by atoms with Gasteiger partial charge in [0.15, 0.2) is 0 Å². The van der Waals surface area contributed by atoms with Crippen molar-refractivity contribution in [3.63, 3.8) is 0 Å². The molecule has 0 radical (unpaired) electrons. The lowest BCUT2D eigenvalue weighted by molar-refractivity contribution is 1.17. The van der Waals surface area contributed by atoms with Crippen LogP contribution in [0.15, 0.2) is 29.2 Å². The first kappa shape index (κ1) is 10.4. The fourth-order valence-electron chi connectivity index (χ4n) is 1.15. The molecule has 0 unspecified atom stereocenters. The Bertz CT molecular complexity index is 436. The molecule has 5 heteroatoms. The highest BCUT2D eigenvalue weighted by molar-refractivity contribution is 7.98. The number of aromatic nitrogens is 2. The van der Waals surface area contributed by atoms with E-state index in [9.17, 15) is 0 Å². The van der Waals surface area contributed by atoms with Gasteiger partial charge in [-0.1, -0.05) is 0 Å². The maximum atomic E-state index is 4.24. The predicted molar refractivity (Wildman–Crippen MR) is 66.2 cm³/mol. The van der Waals surface area contributed by atoms with Crippen LogP contribution in [0.2, 0.25) is 0 Å². The second kappa shape index (κ2) is 4.63. The fourth-order valence-corrected chi connectivity index (χ4v) is 2.15. The summed E-state index contributed by atoms with van der Waals surface area (Å²) in [4.78, 5) is 5.50. The topological polar surface area (TPSA) is 37.8 Å². The van der Waals surface area contributed by atoms with E-state index in [-0.39, 0.29) is 0 Å². The molecule has 0 bridgehead atoms. The zero-order chi connectivity index (χ0) is 10.7. The molecule has 0 aliphatic rings. The van der Waals surface area contributed by atoms with Crippen LogP contribution in [0.25, 0.3) is 0 Å². The van der Waals surface area contributed by atoms with Gasteiger partial charge in [-0.3, -0.25) is 0 Å². The molecule has 0 amide bonds. The predicted octanol–water partition coefficient (Wildman–Crippen LogP) is 3.31. The van der Waals surface area contributed by atoms with Crippen LogP contribution in [0, 0.1) is 6.92 Å². The first-order valence-corrected chi connectivity index (χ1v) is 6.49. The van der Waals surface area contributed by atoms with Gasteiger partial charge >= 0.3 is 0 Å². The number of anilines is 2. The van der Waals surface area contributed by atoms with Crippen molar-refractivity contribution in [3.05, 3.63) is 30.1 Å². The summed E-state index contributed by atoms with van der Waals surface area (Å²) < 4.78 is 4.11. The Balaban J connectivity index is 2.11. The smallest absolute Gasteiger partial charge is 0.207 e. The van der Waals surface area contributed by atoms with Gasteiger partial charge < -0.3 is 5.32 Å². The van der Waals surface area contributed by atoms with Crippen molar-refractivity contribution in [2.45, 2.75) is 11.8 Å². The number of nitrogens with zero attached hydrogens (tertiary/aromatic N) is 2.